The van der Waals surface area contributed by atoms with Crippen LogP contribution in [-0.2, 0) is 14.8 Å². The number of sulfonamides is 1. The summed E-state index contributed by atoms with van der Waals surface area (Å²) in [6, 6.07) is 10.2. The average molecular weight is 477 g/mol. The zero-order valence-electron chi connectivity index (χ0n) is 17.9. The Balaban J connectivity index is 1.15. The molecular formula is C22H25FN4O5S. The fourth-order valence-electron chi connectivity index (χ4n) is 4.91. The van der Waals surface area contributed by atoms with Crippen LogP contribution in [0.4, 0.5) is 21.5 Å². The minimum atomic E-state index is -3.67. The molecule has 2 saturated heterocycles. The number of nitro benzene ring substituents is 1. The van der Waals surface area contributed by atoms with Gasteiger partial charge in [-0.1, -0.05) is 0 Å². The summed E-state index contributed by atoms with van der Waals surface area (Å²) < 4.78 is 47.1. The van der Waals surface area contributed by atoms with E-state index in [0.717, 1.165) is 0 Å². The van der Waals surface area contributed by atoms with Gasteiger partial charge in [0.2, 0.25) is 10.0 Å². The van der Waals surface area contributed by atoms with E-state index in [1.807, 2.05) is 11.0 Å². The third-order valence-corrected chi connectivity index (χ3v) is 8.71. The fourth-order valence-corrected chi connectivity index (χ4v) is 6.43. The minimum absolute atomic E-state index is 0.0694. The lowest BCUT2D eigenvalue weighted by molar-refractivity contribution is -0.384. The highest BCUT2D eigenvalue weighted by Gasteiger charge is 2.57. The first-order valence-corrected chi connectivity index (χ1v) is 12.4. The topological polar surface area (TPSA) is 105 Å². The summed E-state index contributed by atoms with van der Waals surface area (Å²) in [5.74, 6) is 0.610. The predicted octanol–water partition coefficient (Wildman–Crippen LogP) is 2.55. The molecule has 11 heteroatoms. The number of non-ortho nitro benzene ring substituents is 1. The Morgan fingerprint density at radius 2 is 1.76 bits per heavy atom. The lowest BCUT2D eigenvalue weighted by Gasteiger charge is -2.29. The molecule has 2 aliphatic heterocycles. The van der Waals surface area contributed by atoms with Crippen LogP contribution in [0.25, 0.3) is 0 Å². The van der Waals surface area contributed by atoms with Crippen LogP contribution in [0, 0.1) is 33.7 Å². The molecule has 0 aromatic heterocycles. The molecule has 1 aliphatic carbocycles. The fraction of sp³-hybridized carbons (Fsp3) is 0.455. The Morgan fingerprint density at radius 3 is 2.36 bits per heavy atom. The van der Waals surface area contributed by atoms with Crippen LogP contribution in [0.1, 0.15) is 0 Å². The summed E-state index contributed by atoms with van der Waals surface area (Å²) in [7, 11) is -3.67. The van der Waals surface area contributed by atoms with Gasteiger partial charge in [-0.3, -0.25) is 10.1 Å². The molecule has 2 aromatic rings. The Kier molecular flexibility index (Phi) is 5.71. The summed E-state index contributed by atoms with van der Waals surface area (Å²) in [6.07, 6.45) is 0. The molecule has 5 rings (SSSR count). The van der Waals surface area contributed by atoms with Crippen molar-refractivity contribution in [2.45, 2.75) is 4.90 Å². The van der Waals surface area contributed by atoms with Gasteiger partial charge in [0.15, 0.2) is 0 Å². The van der Waals surface area contributed by atoms with Crippen molar-refractivity contribution in [2.24, 2.45) is 17.8 Å². The van der Waals surface area contributed by atoms with Crippen molar-refractivity contribution >= 4 is 27.1 Å². The van der Waals surface area contributed by atoms with E-state index in [9.17, 15) is 22.9 Å². The Labute approximate surface area is 191 Å². The van der Waals surface area contributed by atoms with Gasteiger partial charge in [-0.05, 0) is 48.1 Å². The minimum Gasteiger partial charge on any atom is -0.385 e. The molecule has 2 aromatic carbocycles. The largest absolute Gasteiger partial charge is 0.385 e. The van der Waals surface area contributed by atoms with Crippen LogP contribution in [0.5, 0.6) is 0 Å². The predicted molar refractivity (Wildman–Crippen MR) is 120 cm³/mol. The van der Waals surface area contributed by atoms with Gasteiger partial charge in [-0.25, -0.2) is 12.8 Å². The van der Waals surface area contributed by atoms with E-state index in [4.69, 9.17) is 4.74 Å². The zero-order chi connectivity index (χ0) is 23.2. The molecule has 9 nitrogen and oxygen atoms in total. The highest BCUT2D eigenvalue weighted by Crippen LogP contribution is 2.52. The quantitative estimate of drug-likeness (QED) is 0.484. The van der Waals surface area contributed by atoms with Crippen molar-refractivity contribution in [1.29, 1.82) is 0 Å². The summed E-state index contributed by atoms with van der Waals surface area (Å²) >= 11 is 0. The number of hydrogen-bond donors (Lipinski definition) is 1. The second-order valence-corrected chi connectivity index (χ2v) is 10.6. The van der Waals surface area contributed by atoms with Gasteiger partial charge in [0.25, 0.3) is 5.69 Å². The van der Waals surface area contributed by atoms with E-state index in [1.165, 1.54) is 34.6 Å². The van der Waals surface area contributed by atoms with Gasteiger partial charge in [-0.15, -0.1) is 0 Å². The molecule has 176 valence electrons. The number of morpholine rings is 1. The van der Waals surface area contributed by atoms with E-state index < -0.39 is 14.9 Å². The average Bonchev–Trinajstić information content (AvgIpc) is 3.26. The molecule has 2 heterocycles. The third-order valence-electron chi connectivity index (χ3n) is 6.86. The maximum absolute atomic E-state index is 14.6. The highest BCUT2D eigenvalue weighted by molar-refractivity contribution is 7.89. The number of piperidine rings is 1. The monoisotopic (exact) mass is 476 g/mol. The number of nitrogens with zero attached hydrogens (tertiary/aromatic N) is 3. The van der Waals surface area contributed by atoms with E-state index in [-0.39, 0.29) is 28.2 Å². The van der Waals surface area contributed by atoms with Crippen molar-refractivity contribution in [2.75, 3.05) is 56.2 Å². The zero-order valence-corrected chi connectivity index (χ0v) is 18.7. The Hall–Kier alpha value is -2.76. The molecule has 2 unspecified atom stereocenters. The lowest BCUT2D eigenvalue weighted by atomic mass is 10.2. The number of benzene rings is 2. The second-order valence-electron chi connectivity index (χ2n) is 8.71. The van der Waals surface area contributed by atoms with E-state index in [1.54, 1.807) is 6.07 Å². The maximum atomic E-state index is 14.6. The number of nitrogens with one attached hydrogen (secondary N) is 1. The number of nitro groups is 1. The standard InChI is InChI=1S/C22H25FN4O5S/c23-21-11-15(1-6-22(21)25-7-9-32-10-8-25)24-12-18-19-13-26(14-20(18)19)33(30,31)17-4-2-16(3-5-17)27(28)29/h1-6,11,18-20,24H,7-10,12-14H2. The van der Waals surface area contributed by atoms with Crippen molar-refractivity contribution in [3.8, 4) is 0 Å². The molecule has 2 atom stereocenters. The van der Waals surface area contributed by atoms with Crippen molar-refractivity contribution in [1.82, 2.24) is 4.31 Å². The van der Waals surface area contributed by atoms with Gasteiger partial charge in [0.1, 0.15) is 5.82 Å². The molecule has 0 spiro atoms. The molecule has 0 radical (unpaired) electrons. The van der Waals surface area contributed by atoms with E-state index in [0.29, 0.717) is 63.2 Å². The molecule has 0 amide bonds. The van der Waals surface area contributed by atoms with Crippen LogP contribution in [0.2, 0.25) is 0 Å². The van der Waals surface area contributed by atoms with Gasteiger partial charge >= 0.3 is 0 Å². The van der Waals surface area contributed by atoms with Crippen LogP contribution in [-0.4, -0.2) is 63.6 Å². The molecule has 0 bridgehead atoms. The Bertz CT molecular complexity index is 1140. The molecule has 3 aliphatic rings. The van der Waals surface area contributed by atoms with Crippen LogP contribution in [0.3, 0.4) is 0 Å². The normalized spacial score (nSPS) is 25.0. The molecule has 33 heavy (non-hydrogen) atoms. The van der Waals surface area contributed by atoms with Crippen molar-refractivity contribution < 1.29 is 22.5 Å². The van der Waals surface area contributed by atoms with E-state index >= 15 is 0 Å². The lowest BCUT2D eigenvalue weighted by Crippen LogP contribution is -2.36. The maximum Gasteiger partial charge on any atom is 0.269 e. The molecule has 1 N–H and O–H groups in total. The van der Waals surface area contributed by atoms with Gasteiger partial charge in [0.05, 0.1) is 28.7 Å². The second kappa shape index (κ2) is 8.54. The van der Waals surface area contributed by atoms with Crippen LogP contribution in [0.15, 0.2) is 47.4 Å². The number of anilines is 2. The van der Waals surface area contributed by atoms with Gasteiger partial charge < -0.3 is 15.0 Å². The summed E-state index contributed by atoms with van der Waals surface area (Å²) in [5.41, 5.74) is 1.16. The van der Waals surface area contributed by atoms with Crippen molar-refractivity contribution in [3.05, 3.63) is 58.4 Å². The summed E-state index contributed by atoms with van der Waals surface area (Å²) in [4.78, 5) is 12.3. The smallest absolute Gasteiger partial charge is 0.269 e. The Morgan fingerprint density at radius 1 is 1.09 bits per heavy atom. The first-order chi connectivity index (χ1) is 15.8. The van der Waals surface area contributed by atoms with E-state index in [2.05, 4.69) is 5.32 Å². The van der Waals surface area contributed by atoms with Crippen LogP contribution >= 0.6 is 0 Å². The number of hydrogen-bond acceptors (Lipinski definition) is 7. The van der Waals surface area contributed by atoms with Crippen molar-refractivity contribution in [3.63, 3.8) is 0 Å². The SMILES string of the molecule is O=[N+]([O-])c1ccc(S(=O)(=O)N2CC3C(CNc4ccc(N5CCOCC5)c(F)c4)C3C2)cc1. The van der Waals surface area contributed by atoms with Crippen LogP contribution < -0.4 is 10.2 Å². The first kappa shape index (κ1) is 22.1. The first-order valence-electron chi connectivity index (χ1n) is 11.0. The number of rotatable bonds is 7. The molecule has 1 saturated carbocycles. The van der Waals surface area contributed by atoms with Gasteiger partial charge in [-0.2, -0.15) is 4.31 Å². The highest BCUT2D eigenvalue weighted by atomic mass is 32.2. The number of halogens is 1. The summed E-state index contributed by atoms with van der Waals surface area (Å²) in [5, 5.41) is 14.1. The number of ether oxygens (including phenoxy) is 1. The number of fused-ring (bicyclic) bond motifs is 1. The molecular weight excluding hydrogens is 451 g/mol. The summed E-state index contributed by atoms with van der Waals surface area (Å²) in [6.45, 7) is 4.07. The molecule has 3 fully saturated rings. The van der Waals surface area contributed by atoms with Gasteiger partial charge in [0, 0.05) is 50.5 Å². The third kappa shape index (κ3) is 4.28.